The number of nitrogens with zero attached hydrogens (tertiary/aromatic N) is 5. The second-order valence-corrected chi connectivity index (χ2v) is 5.05. The Morgan fingerprint density at radius 2 is 2.25 bits per heavy atom. The van der Waals surface area contributed by atoms with Crippen molar-refractivity contribution in [3.8, 4) is 11.4 Å². The third-order valence-corrected chi connectivity index (χ3v) is 3.28. The van der Waals surface area contributed by atoms with Crippen molar-refractivity contribution >= 4 is 5.91 Å². The van der Waals surface area contributed by atoms with E-state index in [0.717, 1.165) is 0 Å². The van der Waals surface area contributed by atoms with Crippen LogP contribution in [0.3, 0.4) is 0 Å². The van der Waals surface area contributed by atoms with Gasteiger partial charge in [-0.2, -0.15) is 10.2 Å². The third-order valence-electron chi connectivity index (χ3n) is 3.28. The lowest BCUT2D eigenvalue weighted by atomic mass is 10.2. The highest BCUT2D eigenvalue weighted by Gasteiger charge is 2.16. The van der Waals surface area contributed by atoms with Gasteiger partial charge in [0.15, 0.2) is 5.82 Å². The number of aromatic nitrogens is 6. The Morgan fingerprint density at radius 1 is 1.42 bits per heavy atom. The Bertz CT molecular complexity index is 818. The van der Waals surface area contributed by atoms with Crippen LogP contribution in [0.1, 0.15) is 31.1 Å². The van der Waals surface area contributed by atoms with Crippen LogP contribution in [0.4, 0.5) is 4.39 Å². The molecule has 0 aliphatic heterocycles. The molecule has 3 aromatic rings. The zero-order valence-electron chi connectivity index (χ0n) is 12.7. The molecule has 2 aromatic heterocycles. The molecule has 0 fully saturated rings. The van der Waals surface area contributed by atoms with Gasteiger partial charge in [-0.3, -0.25) is 4.79 Å². The van der Waals surface area contributed by atoms with E-state index in [-0.39, 0.29) is 42.1 Å². The third kappa shape index (κ3) is 3.59. The molecule has 2 N–H and O–H groups in total. The quantitative estimate of drug-likeness (QED) is 0.695. The Kier molecular flexibility index (Phi) is 4.54. The summed E-state index contributed by atoms with van der Waals surface area (Å²) in [5.41, 5.74) is 0.252. The number of amides is 1. The first-order chi connectivity index (χ1) is 11.6. The maximum atomic E-state index is 13.7. The number of rotatable bonds is 6. The molecule has 2 heterocycles. The van der Waals surface area contributed by atoms with E-state index < -0.39 is 5.82 Å². The number of carbonyl (C=O) groups is 1. The Balaban J connectivity index is 1.56. The van der Waals surface area contributed by atoms with Crippen LogP contribution in [-0.4, -0.2) is 36.7 Å². The Labute approximate surface area is 135 Å². The number of H-pyrrole nitrogens is 1. The molecule has 0 saturated heterocycles. The smallest absolute Gasteiger partial charge is 0.227 e. The number of carbonyl (C=O) groups excluding carboxylic acids is 1. The highest BCUT2D eigenvalue weighted by Crippen LogP contribution is 2.19. The fourth-order valence-electron chi connectivity index (χ4n) is 2.06. The van der Waals surface area contributed by atoms with Crippen molar-refractivity contribution in [1.82, 2.24) is 36.1 Å². The van der Waals surface area contributed by atoms with E-state index in [1.54, 1.807) is 25.1 Å². The largest absolute Gasteiger partial charge is 0.346 e. The normalized spacial score (nSPS) is 12.1. The molecule has 124 valence electrons. The molecule has 1 aromatic carbocycles. The number of hydrogen-bond acceptors (Lipinski definition) is 7. The maximum Gasteiger partial charge on any atom is 0.227 e. The van der Waals surface area contributed by atoms with Crippen LogP contribution in [0.2, 0.25) is 0 Å². The van der Waals surface area contributed by atoms with Gasteiger partial charge in [-0.05, 0) is 19.1 Å². The minimum atomic E-state index is -0.434. The van der Waals surface area contributed by atoms with Crippen LogP contribution in [0.5, 0.6) is 0 Å². The number of aryl methyl sites for hydroxylation is 1. The van der Waals surface area contributed by atoms with Crippen LogP contribution in [-0.2, 0) is 11.2 Å². The van der Waals surface area contributed by atoms with Gasteiger partial charge in [0.25, 0.3) is 0 Å². The molecule has 0 spiro atoms. The Hall–Kier alpha value is -3.17. The average Bonchev–Trinajstić information content (AvgIpc) is 3.25. The summed E-state index contributed by atoms with van der Waals surface area (Å²) < 4.78 is 18.7. The summed E-state index contributed by atoms with van der Waals surface area (Å²) >= 11 is 0. The lowest BCUT2D eigenvalue weighted by Gasteiger charge is -2.08. The average molecular weight is 331 g/mol. The van der Waals surface area contributed by atoms with Gasteiger partial charge in [-0.1, -0.05) is 22.5 Å². The zero-order valence-corrected chi connectivity index (χ0v) is 12.7. The van der Waals surface area contributed by atoms with Crippen molar-refractivity contribution in [2.75, 3.05) is 0 Å². The lowest BCUT2D eigenvalue weighted by molar-refractivity contribution is -0.121. The molecule has 1 atom stereocenters. The van der Waals surface area contributed by atoms with Crippen LogP contribution in [0, 0.1) is 5.82 Å². The van der Waals surface area contributed by atoms with Crippen molar-refractivity contribution in [3.63, 3.8) is 0 Å². The molecule has 3 rings (SSSR count). The van der Waals surface area contributed by atoms with Crippen molar-refractivity contribution in [2.24, 2.45) is 0 Å². The fourth-order valence-corrected chi connectivity index (χ4v) is 2.06. The number of hydrogen-bond donors (Lipinski definition) is 2. The first-order valence-corrected chi connectivity index (χ1v) is 7.23. The molecule has 0 radical (unpaired) electrons. The van der Waals surface area contributed by atoms with E-state index in [4.69, 9.17) is 4.52 Å². The second-order valence-electron chi connectivity index (χ2n) is 5.05. The standard InChI is InChI=1S/C14H14FN7O2/c1-8(13-18-21-22-19-13)16-11(23)6-7-12-17-14(20-24-12)9-4-2-3-5-10(9)15/h2-5,8H,6-7H2,1H3,(H,16,23)(H,18,19,21,22)/t8-/m1/s1. The summed E-state index contributed by atoms with van der Waals surface area (Å²) in [7, 11) is 0. The Morgan fingerprint density at radius 3 is 3.00 bits per heavy atom. The summed E-state index contributed by atoms with van der Waals surface area (Å²) in [4.78, 5) is 16.0. The highest BCUT2D eigenvalue weighted by atomic mass is 19.1. The van der Waals surface area contributed by atoms with E-state index >= 15 is 0 Å². The molecule has 9 nitrogen and oxygen atoms in total. The molecular formula is C14H14FN7O2. The minimum Gasteiger partial charge on any atom is -0.346 e. The van der Waals surface area contributed by atoms with Gasteiger partial charge < -0.3 is 9.84 Å². The monoisotopic (exact) mass is 331 g/mol. The molecule has 0 saturated carbocycles. The topological polar surface area (TPSA) is 122 Å². The van der Waals surface area contributed by atoms with Gasteiger partial charge in [-0.15, -0.1) is 10.2 Å². The molecule has 10 heteroatoms. The van der Waals surface area contributed by atoms with Gasteiger partial charge >= 0.3 is 0 Å². The maximum absolute atomic E-state index is 13.7. The number of tetrazole rings is 1. The highest BCUT2D eigenvalue weighted by molar-refractivity contribution is 5.76. The van der Waals surface area contributed by atoms with Crippen LogP contribution in [0.15, 0.2) is 28.8 Å². The molecule has 24 heavy (non-hydrogen) atoms. The van der Waals surface area contributed by atoms with Gasteiger partial charge in [-0.25, -0.2) is 4.39 Å². The molecule has 0 aliphatic rings. The fraction of sp³-hybridized carbons (Fsp3) is 0.286. The van der Waals surface area contributed by atoms with E-state index in [1.807, 2.05) is 0 Å². The molecule has 1 amide bonds. The molecular weight excluding hydrogens is 317 g/mol. The first kappa shape index (κ1) is 15.7. The van der Waals surface area contributed by atoms with E-state index in [2.05, 4.69) is 36.1 Å². The summed E-state index contributed by atoms with van der Waals surface area (Å²) in [6.45, 7) is 1.74. The first-order valence-electron chi connectivity index (χ1n) is 7.23. The number of nitrogens with one attached hydrogen (secondary N) is 2. The van der Waals surface area contributed by atoms with Crippen molar-refractivity contribution < 1.29 is 13.7 Å². The van der Waals surface area contributed by atoms with Crippen LogP contribution < -0.4 is 5.32 Å². The van der Waals surface area contributed by atoms with Gasteiger partial charge in [0, 0.05) is 12.8 Å². The van der Waals surface area contributed by atoms with Gasteiger partial charge in [0.05, 0.1) is 11.6 Å². The van der Waals surface area contributed by atoms with Crippen molar-refractivity contribution in [3.05, 3.63) is 41.8 Å². The lowest BCUT2D eigenvalue weighted by Crippen LogP contribution is -2.27. The van der Waals surface area contributed by atoms with Crippen LogP contribution in [0.25, 0.3) is 11.4 Å². The van der Waals surface area contributed by atoms with E-state index in [9.17, 15) is 9.18 Å². The summed E-state index contributed by atoms with van der Waals surface area (Å²) in [5.74, 6) is 0.150. The number of aromatic amines is 1. The van der Waals surface area contributed by atoms with Crippen molar-refractivity contribution in [1.29, 1.82) is 0 Å². The van der Waals surface area contributed by atoms with Gasteiger partial charge in [0.1, 0.15) is 5.82 Å². The summed E-state index contributed by atoms with van der Waals surface area (Å²) in [5, 5.41) is 19.8. The predicted molar refractivity (Wildman–Crippen MR) is 78.7 cm³/mol. The number of benzene rings is 1. The zero-order chi connectivity index (χ0) is 16.9. The predicted octanol–water partition coefficient (Wildman–Crippen LogP) is 1.20. The SMILES string of the molecule is C[C@@H](NC(=O)CCc1nc(-c2ccccc2F)no1)c1nn[nH]n1. The van der Waals surface area contributed by atoms with E-state index in [0.29, 0.717) is 5.82 Å². The summed E-state index contributed by atoms with van der Waals surface area (Å²) in [6, 6.07) is 5.77. The molecule has 0 aliphatic carbocycles. The molecule has 0 unspecified atom stereocenters. The van der Waals surface area contributed by atoms with E-state index in [1.165, 1.54) is 6.07 Å². The van der Waals surface area contributed by atoms with Crippen LogP contribution >= 0.6 is 0 Å². The van der Waals surface area contributed by atoms with Gasteiger partial charge in [0.2, 0.25) is 17.6 Å². The summed E-state index contributed by atoms with van der Waals surface area (Å²) in [6.07, 6.45) is 0.382. The second kappa shape index (κ2) is 6.94. The van der Waals surface area contributed by atoms with Crippen molar-refractivity contribution in [2.45, 2.75) is 25.8 Å². The number of halogens is 1. The minimum absolute atomic E-state index is 0.140. The molecule has 0 bridgehead atoms.